The van der Waals surface area contributed by atoms with Gasteiger partial charge in [0.1, 0.15) is 5.82 Å². The summed E-state index contributed by atoms with van der Waals surface area (Å²) >= 11 is 3.74. The van der Waals surface area contributed by atoms with Gasteiger partial charge in [-0.25, -0.2) is 4.98 Å². The van der Waals surface area contributed by atoms with Crippen LogP contribution in [0.5, 0.6) is 0 Å². The van der Waals surface area contributed by atoms with Gasteiger partial charge in [-0.1, -0.05) is 48.0 Å². The molecule has 0 aliphatic rings. The fraction of sp³-hybridized carbons (Fsp3) is 0.471. The molecule has 0 saturated heterocycles. The average molecular weight is 350 g/mol. The van der Waals surface area contributed by atoms with Crippen molar-refractivity contribution in [3.8, 4) is 0 Å². The first kappa shape index (κ1) is 16.2. The normalized spacial score (nSPS) is 12.6. The van der Waals surface area contributed by atoms with E-state index in [1.165, 1.54) is 15.6 Å². The van der Waals surface area contributed by atoms with Gasteiger partial charge < -0.3 is 9.88 Å². The smallest absolute Gasteiger partial charge is 0.130 e. The second-order valence-corrected chi connectivity index (χ2v) is 6.14. The predicted molar refractivity (Wildman–Crippen MR) is 91.5 cm³/mol. The molecule has 1 unspecified atom stereocenters. The van der Waals surface area contributed by atoms with Crippen molar-refractivity contribution in [3.63, 3.8) is 0 Å². The first-order valence-corrected chi connectivity index (χ1v) is 8.47. The van der Waals surface area contributed by atoms with Gasteiger partial charge >= 0.3 is 0 Å². The molecule has 1 atom stereocenters. The fourth-order valence-electron chi connectivity index (χ4n) is 2.53. The summed E-state index contributed by atoms with van der Waals surface area (Å²) in [6, 6.07) is 6.54. The Morgan fingerprint density at radius 1 is 1.29 bits per heavy atom. The van der Waals surface area contributed by atoms with Gasteiger partial charge in [-0.15, -0.1) is 0 Å². The molecule has 4 heteroatoms. The highest BCUT2D eigenvalue weighted by Gasteiger charge is 2.21. The van der Waals surface area contributed by atoms with E-state index in [0.717, 1.165) is 31.8 Å². The molecule has 3 nitrogen and oxygen atoms in total. The van der Waals surface area contributed by atoms with Gasteiger partial charge in [-0.05, 0) is 37.4 Å². The molecule has 2 rings (SSSR count). The molecule has 0 bridgehead atoms. The van der Waals surface area contributed by atoms with Crippen molar-refractivity contribution in [2.24, 2.45) is 0 Å². The zero-order chi connectivity index (χ0) is 15.2. The average Bonchev–Trinajstić information content (AvgIpc) is 2.92. The second-order valence-electron chi connectivity index (χ2n) is 5.34. The van der Waals surface area contributed by atoms with E-state index < -0.39 is 0 Å². The van der Waals surface area contributed by atoms with E-state index >= 15 is 0 Å². The molecule has 1 aromatic heterocycles. The Hall–Kier alpha value is -1.13. The number of rotatable bonds is 7. The van der Waals surface area contributed by atoms with Crippen LogP contribution in [0.15, 0.2) is 35.1 Å². The van der Waals surface area contributed by atoms with Crippen molar-refractivity contribution in [1.29, 1.82) is 0 Å². The van der Waals surface area contributed by atoms with Crippen LogP contribution in [-0.4, -0.2) is 16.1 Å². The standard InChI is InChI=1S/C17H24BrN3/c1-4-9-19-16(14-8-6-7-13(3)15(14)18)17-20-10-12-21(17)11-5-2/h6-8,10,12,16,19H,4-5,9,11H2,1-3H3. The minimum absolute atomic E-state index is 0.126. The van der Waals surface area contributed by atoms with E-state index in [2.05, 4.69) is 76.0 Å². The zero-order valence-corrected chi connectivity index (χ0v) is 14.7. The summed E-state index contributed by atoms with van der Waals surface area (Å²) in [5.41, 5.74) is 2.51. The lowest BCUT2D eigenvalue weighted by atomic mass is 10.0. The fourth-order valence-corrected chi connectivity index (χ4v) is 3.03. The summed E-state index contributed by atoms with van der Waals surface area (Å²) in [6.07, 6.45) is 6.19. The third kappa shape index (κ3) is 3.74. The third-order valence-electron chi connectivity index (χ3n) is 3.60. The van der Waals surface area contributed by atoms with E-state index in [4.69, 9.17) is 0 Å². The summed E-state index contributed by atoms with van der Waals surface area (Å²) in [7, 11) is 0. The largest absolute Gasteiger partial charge is 0.333 e. The van der Waals surface area contributed by atoms with Crippen molar-refractivity contribution >= 4 is 15.9 Å². The molecule has 0 saturated carbocycles. The summed E-state index contributed by atoms with van der Waals surface area (Å²) in [5, 5.41) is 3.64. The van der Waals surface area contributed by atoms with Crippen LogP contribution >= 0.6 is 15.9 Å². The second kappa shape index (κ2) is 7.76. The Morgan fingerprint density at radius 2 is 2.10 bits per heavy atom. The molecule has 21 heavy (non-hydrogen) atoms. The van der Waals surface area contributed by atoms with Crippen molar-refractivity contribution in [1.82, 2.24) is 14.9 Å². The van der Waals surface area contributed by atoms with E-state index in [-0.39, 0.29) is 6.04 Å². The van der Waals surface area contributed by atoms with Gasteiger partial charge in [0.25, 0.3) is 0 Å². The topological polar surface area (TPSA) is 29.9 Å². The monoisotopic (exact) mass is 349 g/mol. The number of halogens is 1. The molecular weight excluding hydrogens is 326 g/mol. The first-order chi connectivity index (χ1) is 10.2. The van der Waals surface area contributed by atoms with Crippen LogP contribution in [0, 0.1) is 6.92 Å². The van der Waals surface area contributed by atoms with Crippen molar-refractivity contribution < 1.29 is 0 Å². The number of benzene rings is 1. The quantitative estimate of drug-likeness (QED) is 0.799. The molecule has 0 spiro atoms. The van der Waals surface area contributed by atoms with E-state index in [1.54, 1.807) is 0 Å². The Balaban J connectivity index is 2.42. The van der Waals surface area contributed by atoms with Crippen LogP contribution in [0.25, 0.3) is 0 Å². The number of aryl methyl sites for hydroxylation is 2. The first-order valence-electron chi connectivity index (χ1n) is 7.68. The van der Waals surface area contributed by atoms with E-state index in [0.29, 0.717) is 0 Å². The van der Waals surface area contributed by atoms with Gasteiger partial charge in [0.2, 0.25) is 0 Å². The number of nitrogens with one attached hydrogen (secondary N) is 1. The predicted octanol–water partition coefficient (Wildman–Crippen LogP) is 4.45. The number of hydrogen-bond donors (Lipinski definition) is 1. The lowest BCUT2D eigenvalue weighted by molar-refractivity contribution is 0.528. The number of nitrogens with zero attached hydrogens (tertiary/aromatic N) is 2. The van der Waals surface area contributed by atoms with Crippen LogP contribution in [0.4, 0.5) is 0 Å². The third-order valence-corrected chi connectivity index (χ3v) is 4.68. The van der Waals surface area contributed by atoms with Gasteiger partial charge in [0, 0.05) is 23.4 Å². The van der Waals surface area contributed by atoms with Crippen molar-refractivity contribution in [2.75, 3.05) is 6.54 Å². The Labute approximate surface area is 135 Å². The number of imidazole rings is 1. The van der Waals surface area contributed by atoms with Crippen LogP contribution in [0.2, 0.25) is 0 Å². The van der Waals surface area contributed by atoms with E-state index in [9.17, 15) is 0 Å². The van der Waals surface area contributed by atoms with Crippen LogP contribution < -0.4 is 5.32 Å². The van der Waals surface area contributed by atoms with Gasteiger partial charge in [0.15, 0.2) is 0 Å². The molecular formula is C17H24BrN3. The van der Waals surface area contributed by atoms with Gasteiger partial charge in [-0.2, -0.15) is 0 Å². The molecule has 1 heterocycles. The molecule has 0 fully saturated rings. The maximum atomic E-state index is 4.61. The minimum atomic E-state index is 0.126. The highest BCUT2D eigenvalue weighted by atomic mass is 79.9. The van der Waals surface area contributed by atoms with Crippen LogP contribution in [0.1, 0.15) is 49.7 Å². The summed E-state index contributed by atoms with van der Waals surface area (Å²) in [5.74, 6) is 1.09. The molecule has 2 aromatic rings. The SMILES string of the molecule is CCCNC(c1cccc(C)c1Br)c1nccn1CCC. The maximum Gasteiger partial charge on any atom is 0.130 e. The molecule has 0 amide bonds. The lowest BCUT2D eigenvalue weighted by Gasteiger charge is -2.22. The van der Waals surface area contributed by atoms with Gasteiger partial charge in [-0.3, -0.25) is 0 Å². The van der Waals surface area contributed by atoms with Gasteiger partial charge in [0.05, 0.1) is 6.04 Å². The Bertz CT molecular complexity index is 577. The number of hydrogen-bond acceptors (Lipinski definition) is 2. The summed E-state index contributed by atoms with van der Waals surface area (Å²) < 4.78 is 3.42. The Morgan fingerprint density at radius 3 is 2.81 bits per heavy atom. The lowest BCUT2D eigenvalue weighted by Crippen LogP contribution is -2.26. The van der Waals surface area contributed by atoms with Crippen molar-refractivity contribution in [2.45, 2.75) is 46.2 Å². The number of aromatic nitrogens is 2. The zero-order valence-electron chi connectivity index (χ0n) is 13.1. The molecule has 114 valence electrons. The van der Waals surface area contributed by atoms with Crippen molar-refractivity contribution in [3.05, 3.63) is 52.0 Å². The molecule has 1 N–H and O–H groups in total. The molecule has 0 radical (unpaired) electrons. The Kier molecular flexibility index (Phi) is 6.00. The maximum absolute atomic E-state index is 4.61. The molecule has 0 aliphatic carbocycles. The highest BCUT2D eigenvalue weighted by Crippen LogP contribution is 2.30. The van der Waals surface area contributed by atoms with E-state index in [1.807, 2.05) is 6.20 Å². The van der Waals surface area contributed by atoms with Crippen LogP contribution in [-0.2, 0) is 6.54 Å². The van der Waals surface area contributed by atoms with Crippen LogP contribution in [0.3, 0.4) is 0 Å². The highest BCUT2D eigenvalue weighted by molar-refractivity contribution is 9.10. The summed E-state index contributed by atoms with van der Waals surface area (Å²) in [4.78, 5) is 4.61. The summed E-state index contributed by atoms with van der Waals surface area (Å²) in [6.45, 7) is 8.49. The minimum Gasteiger partial charge on any atom is -0.333 e. The molecule has 1 aromatic carbocycles. The molecule has 0 aliphatic heterocycles.